The summed E-state index contributed by atoms with van der Waals surface area (Å²) in [6.07, 6.45) is 5.00. The molecule has 35 heavy (non-hydrogen) atoms. The molecule has 5 rings (SSSR count). The minimum atomic E-state index is 0.0151. The molecule has 0 N–H and O–H groups in total. The largest absolute Gasteiger partial charge is 0.335 e. The summed E-state index contributed by atoms with van der Waals surface area (Å²) >= 11 is 1.70. The fraction of sp³-hybridized carbons (Fsp3) is 0.250. The Bertz CT molecular complexity index is 1290. The first-order chi connectivity index (χ1) is 17.1. The fourth-order valence-electron chi connectivity index (χ4n) is 4.27. The monoisotopic (exact) mass is 484 g/mol. The number of fused-ring (bicyclic) bond motifs is 1. The highest BCUT2D eigenvalue weighted by Gasteiger charge is 2.25. The first kappa shape index (κ1) is 23.2. The van der Waals surface area contributed by atoms with Gasteiger partial charge in [0.05, 0.1) is 5.69 Å². The van der Waals surface area contributed by atoms with Crippen molar-refractivity contribution in [2.75, 3.05) is 26.2 Å². The standard InChI is InChI=1S/C28H28N4O2S/c1-2-21-6-8-22(9-7-21)27(33)30-15-17-31(18-16-30)28(34)23-10-12-25(13-11-23)35-20-24-19-32-14-4-3-5-26(32)29-24/h3-14,19H,2,15-18,20H2,1H3. The second-order valence-electron chi connectivity index (χ2n) is 8.65. The zero-order valence-electron chi connectivity index (χ0n) is 19.8. The molecule has 2 amide bonds. The maximum Gasteiger partial charge on any atom is 0.253 e. The Balaban J connectivity index is 1.14. The molecule has 6 nitrogen and oxygen atoms in total. The number of benzene rings is 2. The number of aryl methyl sites for hydroxylation is 1. The van der Waals surface area contributed by atoms with Gasteiger partial charge in [0, 0.05) is 60.3 Å². The van der Waals surface area contributed by atoms with Crippen molar-refractivity contribution in [3.8, 4) is 0 Å². The smallest absolute Gasteiger partial charge is 0.253 e. The number of amides is 2. The van der Waals surface area contributed by atoms with Gasteiger partial charge in [-0.05, 0) is 60.5 Å². The summed E-state index contributed by atoms with van der Waals surface area (Å²) in [5.74, 6) is 0.819. The average Bonchev–Trinajstić information content (AvgIpc) is 3.35. The van der Waals surface area contributed by atoms with Crippen molar-refractivity contribution in [1.29, 1.82) is 0 Å². The van der Waals surface area contributed by atoms with Crippen molar-refractivity contribution in [2.24, 2.45) is 0 Å². The lowest BCUT2D eigenvalue weighted by molar-refractivity contribution is 0.0535. The van der Waals surface area contributed by atoms with Crippen LogP contribution in [-0.2, 0) is 12.2 Å². The fourth-order valence-corrected chi connectivity index (χ4v) is 5.05. The molecule has 0 saturated carbocycles. The van der Waals surface area contributed by atoms with Crippen molar-refractivity contribution >= 4 is 29.2 Å². The molecule has 178 valence electrons. The van der Waals surface area contributed by atoms with Gasteiger partial charge in [0.1, 0.15) is 5.65 Å². The van der Waals surface area contributed by atoms with E-state index in [2.05, 4.69) is 11.9 Å². The first-order valence-electron chi connectivity index (χ1n) is 11.9. The number of thioether (sulfide) groups is 1. The van der Waals surface area contributed by atoms with Gasteiger partial charge in [0.2, 0.25) is 0 Å². The highest BCUT2D eigenvalue weighted by Crippen LogP contribution is 2.23. The lowest BCUT2D eigenvalue weighted by Crippen LogP contribution is -2.50. The maximum absolute atomic E-state index is 13.0. The molecule has 1 aliphatic rings. The van der Waals surface area contributed by atoms with Crippen LogP contribution in [0.4, 0.5) is 0 Å². The van der Waals surface area contributed by atoms with Crippen molar-refractivity contribution < 1.29 is 9.59 Å². The molecular weight excluding hydrogens is 456 g/mol. The van der Waals surface area contributed by atoms with Crippen molar-refractivity contribution in [1.82, 2.24) is 19.2 Å². The summed E-state index contributed by atoms with van der Waals surface area (Å²) < 4.78 is 2.02. The Morgan fingerprint density at radius 2 is 1.43 bits per heavy atom. The van der Waals surface area contributed by atoms with Crippen LogP contribution in [-0.4, -0.2) is 57.2 Å². The number of aromatic nitrogens is 2. The Kier molecular flexibility index (Phi) is 6.86. The van der Waals surface area contributed by atoms with Crippen LogP contribution in [0, 0.1) is 0 Å². The number of imidazole rings is 1. The quantitative estimate of drug-likeness (QED) is 0.370. The molecule has 2 aromatic heterocycles. The molecule has 0 atom stereocenters. The van der Waals surface area contributed by atoms with Gasteiger partial charge in [-0.15, -0.1) is 11.8 Å². The van der Waals surface area contributed by atoms with Crippen LogP contribution in [0.3, 0.4) is 0 Å². The third kappa shape index (κ3) is 5.25. The molecule has 2 aromatic carbocycles. The summed E-state index contributed by atoms with van der Waals surface area (Å²) in [7, 11) is 0. The molecule has 7 heteroatoms. The molecule has 0 bridgehead atoms. The zero-order chi connectivity index (χ0) is 24.2. The van der Waals surface area contributed by atoms with Gasteiger partial charge in [-0.3, -0.25) is 9.59 Å². The summed E-state index contributed by atoms with van der Waals surface area (Å²) in [4.78, 5) is 35.2. The lowest BCUT2D eigenvalue weighted by atomic mass is 10.1. The first-order valence-corrected chi connectivity index (χ1v) is 12.9. The third-order valence-electron chi connectivity index (χ3n) is 6.37. The molecule has 0 radical (unpaired) electrons. The Labute approximate surface area is 209 Å². The molecule has 0 spiro atoms. The second kappa shape index (κ2) is 10.4. The van der Waals surface area contributed by atoms with Gasteiger partial charge < -0.3 is 14.2 Å². The maximum atomic E-state index is 13.0. The third-order valence-corrected chi connectivity index (χ3v) is 7.41. The molecule has 1 saturated heterocycles. The number of carbonyl (C=O) groups excluding carboxylic acids is 2. The van der Waals surface area contributed by atoms with E-state index in [9.17, 15) is 9.59 Å². The molecule has 0 unspecified atom stereocenters. The van der Waals surface area contributed by atoms with Gasteiger partial charge in [-0.1, -0.05) is 25.1 Å². The summed E-state index contributed by atoms with van der Waals surface area (Å²) in [6.45, 7) is 4.28. The van der Waals surface area contributed by atoms with Gasteiger partial charge in [-0.2, -0.15) is 0 Å². The normalized spacial score (nSPS) is 13.9. The van der Waals surface area contributed by atoms with E-state index in [1.54, 1.807) is 11.8 Å². The Morgan fingerprint density at radius 3 is 2.00 bits per heavy atom. The number of hydrogen-bond acceptors (Lipinski definition) is 4. The van der Waals surface area contributed by atoms with Crippen LogP contribution in [0.2, 0.25) is 0 Å². The number of rotatable bonds is 6. The summed E-state index contributed by atoms with van der Waals surface area (Å²) in [5.41, 5.74) is 4.57. The summed E-state index contributed by atoms with van der Waals surface area (Å²) in [5, 5.41) is 0. The van der Waals surface area contributed by atoms with Crippen LogP contribution >= 0.6 is 11.8 Å². The van der Waals surface area contributed by atoms with E-state index >= 15 is 0 Å². The van der Waals surface area contributed by atoms with Gasteiger partial charge >= 0.3 is 0 Å². The number of hydrogen-bond donors (Lipinski definition) is 0. The Morgan fingerprint density at radius 1 is 0.829 bits per heavy atom. The van der Waals surface area contributed by atoms with Crippen LogP contribution in [0.25, 0.3) is 5.65 Å². The van der Waals surface area contributed by atoms with E-state index in [1.807, 2.05) is 93.3 Å². The minimum absolute atomic E-state index is 0.0151. The highest BCUT2D eigenvalue weighted by molar-refractivity contribution is 7.98. The Hall–Kier alpha value is -3.58. The second-order valence-corrected chi connectivity index (χ2v) is 9.70. The lowest BCUT2D eigenvalue weighted by Gasteiger charge is -2.35. The average molecular weight is 485 g/mol. The van der Waals surface area contributed by atoms with E-state index < -0.39 is 0 Å². The van der Waals surface area contributed by atoms with Crippen LogP contribution in [0.1, 0.15) is 38.9 Å². The SMILES string of the molecule is CCc1ccc(C(=O)N2CCN(C(=O)c3ccc(SCc4cn5ccccc5n4)cc3)CC2)cc1. The van der Waals surface area contributed by atoms with Gasteiger partial charge in [-0.25, -0.2) is 4.98 Å². The number of pyridine rings is 1. The number of nitrogens with zero attached hydrogens (tertiary/aromatic N) is 4. The predicted octanol–water partition coefficient (Wildman–Crippen LogP) is 4.79. The molecule has 1 fully saturated rings. The van der Waals surface area contributed by atoms with Gasteiger partial charge in [0.25, 0.3) is 11.8 Å². The number of carbonyl (C=O) groups is 2. The van der Waals surface area contributed by atoms with Crippen molar-refractivity contribution in [3.05, 3.63) is 102 Å². The highest BCUT2D eigenvalue weighted by atomic mass is 32.2. The molecule has 0 aliphatic carbocycles. The number of piperazine rings is 1. The van der Waals surface area contributed by atoms with E-state index in [0.717, 1.165) is 28.4 Å². The predicted molar refractivity (Wildman–Crippen MR) is 139 cm³/mol. The molecule has 3 heterocycles. The van der Waals surface area contributed by atoms with Crippen LogP contribution in [0.15, 0.2) is 84.0 Å². The molecular formula is C28H28N4O2S. The topological polar surface area (TPSA) is 57.9 Å². The minimum Gasteiger partial charge on any atom is -0.335 e. The van der Waals surface area contributed by atoms with E-state index in [4.69, 9.17) is 0 Å². The summed E-state index contributed by atoms with van der Waals surface area (Å²) in [6, 6.07) is 21.5. The van der Waals surface area contributed by atoms with E-state index in [-0.39, 0.29) is 11.8 Å². The van der Waals surface area contributed by atoms with Crippen LogP contribution < -0.4 is 0 Å². The van der Waals surface area contributed by atoms with Crippen molar-refractivity contribution in [2.45, 2.75) is 24.0 Å². The molecule has 1 aliphatic heterocycles. The van der Waals surface area contributed by atoms with Gasteiger partial charge in [0.15, 0.2) is 0 Å². The van der Waals surface area contributed by atoms with Crippen molar-refractivity contribution in [3.63, 3.8) is 0 Å². The van der Waals surface area contributed by atoms with E-state index in [0.29, 0.717) is 37.3 Å². The van der Waals surface area contributed by atoms with Crippen LogP contribution in [0.5, 0.6) is 0 Å². The van der Waals surface area contributed by atoms with E-state index in [1.165, 1.54) is 5.56 Å². The molecule has 4 aromatic rings. The zero-order valence-corrected chi connectivity index (χ0v) is 20.6.